The molecule has 0 radical (unpaired) electrons. The van der Waals surface area contributed by atoms with Crippen molar-refractivity contribution in [1.82, 2.24) is 0 Å². The Morgan fingerprint density at radius 1 is 1.11 bits per heavy atom. The van der Waals surface area contributed by atoms with Crippen LogP contribution in [-0.4, -0.2) is 18.0 Å². The Hall–Kier alpha value is -1.84. The number of aryl methyl sites for hydroxylation is 1. The Morgan fingerprint density at radius 2 is 1.72 bits per heavy atom. The van der Waals surface area contributed by atoms with Crippen molar-refractivity contribution < 1.29 is 19.1 Å². The van der Waals surface area contributed by atoms with Crippen LogP contribution < -0.4 is 0 Å². The van der Waals surface area contributed by atoms with E-state index < -0.39 is 11.9 Å². The molecule has 1 rings (SSSR count). The highest BCUT2D eigenvalue weighted by Crippen LogP contribution is 2.05. The normalized spacial score (nSPS) is 10.2. The Balaban J connectivity index is 2.33. The van der Waals surface area contributed by atoms with Crippen molar-refractivity contribution in [3.05, 3.63) is 35.4 Å². The molecule has 0 aliphatic rings. The fraction of sp³-hybridized carbons (Fsp3) is 0.429. The van der Waals surface area contributed by atoms with Gasteiger partial charge < -0.3 is 9.47 Å². The lowest BCUT2D eigenvalue weighted by Gasteiger charge is -2.08. The number of hydrogen-bond donors (Lipinski definition) is 0. The maximum atomic E-state index is 11.4. The fourth-order valence-electron chi connectivity index (χ4n) is 1.32. The second-order valence-electron chi connectivity index (χ2n) is 4.36. The summed E-state index contributed by atoms with van der Waals surface area (Å²) in [4.78, 5) is 22.5. The summed E-state index contributed by atoms with van der Waals surface area (Å²) in [5.41, 5.74) is 2.04. The van der Waals surface area contributed by atoms with Crippen molar-refractivity contribution in [3.63, 3.8) is 0 Å². The summed E-state index contributed by atoms with van der Waals surface area (Å²) in [6.07, 6.45) is -0.563. The zero-order valence-corrected chi connectivity index (χ0v) is 10.9. The van der Waals surface area contributed by atoms with Crippen LogP contribution in [0, 0.1) is 6.92 Å². The van der Waals surface area contributed by atoms with Gasteiger partial charge in [-0.25, -0.2) is 0 Å². The predicted molar refractivity (Wildman–Crippen MR) is 66.8 cm³/mol. The molecule has 0 aromatic heterocycles. The monoisotopic (exact) mass is 250 g/mol. The molecule has 0 N–H and O–H groups in total. The lowest BCUT2D eigenvalue weighted by Crippen LogP contribution is -2.17. The molecule has 0 spiro atoms. The van der Waals surface area contributed by atoms with E-state index in [0.717, 1.165) is 11.1 Å². The molecule has 1 aromatic rings. The Kier molecular flexibility index (Phi) is 5.36. The van der Waals surface area contributed by atoms with Crippen LogP contribution in [0.3, 0.4) is 0 Å². The standard InChI is InChI=1S/C14H18O4/c1-10(2)18-14(16)8-13(15)17-9-12-6-4-11(3)5-7-12/h4-7,10H,8-9H2,1-3H3. The number of benzene rings is 1. The molecule has 0 heterocycles. The highest BCUT2D eigenvalue weighted by molar-refractivity contribution is 5.91. The molecule has 0 unspecified atom stereocenters. The van der Waals surface area contributed by atoms with Crippen LogP contribution in [-0.2, 0) is 25.7 Å². The van der Waals surface area contributed by atoms with E-state index in [4.69, 9.17) is 9.47 Å². The average Bonchev–Trinajstić information content (AvgIpc) is 2.27. The molecule has 1 aromatic carbocycles. The van der Waals surface area contributed by atoms with E-state index >= 15 is 0 Å². The van der Waals surface area contributed by atoms with Gasteiger partial charge in [0.2, 0.25) is 0 Å². The van der Waals surface area contributed by atoms with Gasteiger partial charge in [0.1, 0.15) is 13.0 Å². The van der Waals surface area contributed by atoms with Crippen LogP contribution in [0.2, 0.25) is 0 Å². The van der Waals surface area contributed by atoms with E-state index in [9.17, 15) is 9.59 Å². The quantitative estimate of drug-likeness (QED) is 0.594. The molecule has 98 valence electrons. The first kappa shape index (κ1) is 14.2. The SMILES string of the molecule is Cc1ccc(COC(=O)CC(=O)OC(C)C)cc1. The molecule has 18 heavy (non-hydrogen) atoms. The Labute approximate surface area is 107 Å². The molecule has 4 heteroatoms. The van der Waals surface area contributed by atoms with Gasteiger partial charge >= 0.3 is 11.9 Å². The van der Waals surface area contributed by atoms with Crippen LogP contribution in [0.25, 0.3) is 0 Å². The summed E-state index contributed by atoms with van der Waals surface area (Å²) >= 11 is 0. The minimum atomic E-state index is -0.568. The van der Waals surface area contributed by atoms with Crippen molar-refractivity contribution in [2.24, 2.45) is 0 Å². The summed E-state index contributed by atoms with van der Waals surface area (Å²) in [6, 6.07) is 7.65. The summed E-state index contributed by atoms with van der Waals surface area (Å²) in [7, 11) is 0. The molecule has 0 amide bonds. The maximum Gasteiger partial charge on any atom is 0.317 e. The largest absolute Gasteiger partial charge is 0.463 e. The Morgan fingerprint density at radius 3 is 2.28 bits per heavy atom. The predicted octanol–water partition coefficient (Wildman–Crippen LogP) is 2.38. The van der Waals surface area contributed by atoms with Crippen molar-refractivity contribution in [2.75, 3.05) is 0 Å². The van der Waals surface area contributed by atoms with E-state index in [2.05, 4.69) is 0 Å². The van der Waals surface area contributed by atoms with Crippen molar-refractivity contribution in [2.45, 2.75) is 39.9 Å². The third kappa shape index (κ3) is 5.48. The summed E-state index contributed by atoms with van der Waals surface area (Å²) in [6.45, 7) is 5.62. The van der Waals surface area contributed by atoms with Gasteiger partial charge in [0.05, 0.1) is 6.10 Å². The lowest BCUT2D eigenvalue weighted by atomic mass is 10.2. The van der Waals surface area contributed by atoms with Crippen LogP contribution in [0.1, 0.15) is 31.4 Å². The van der Waals surface area contributed by atoms with Gasteiger partial charge in [-0.1, -0.05) is 29.8 Å². The average molecular weight is 250 g/mol. The van der Waals surface area contributed by atoms with E-state index in [1.807, 2.05) is 31.2 Å². The first-order chi connectivity index (χ1) is 8.47. The Bertz CT molecular complexity index is 406. The highest BCUT2D eigenvalue weighted by Gasteiger charge is 2.13. The maximum absolute atomic E-state index is 11.4. The summed E-state index contributed by atoms with van der Waals surface area (Å²) < 4.78 is 9.83. The molecule has 0 saturated heterocycles. The first-order valence-electron chi connectivity index (χ1n) is 5.88. The first-order valence-corrected chi connectivity index (χ1v) is 5.88. The third-order valence-electron chi connectivity index (χ3n) is 2.18. The topological polar surface area (TPSA) is 52.6 Å². The number of carbonyl (C=O) groups is 2. The molecule has 0 fully saturated rings. The molecular weight excluding hydrogens is 232 g/mol. The van der Waals surface area contributed by atoms with Gasteiger partial charge in [-0.3, -0.25) is 9.59 Å². The van der Waals surface area contributed by atoms with Gasteiger partial charge in [0, 0.05) is 0 Å². The molecule has 0 atom stereocenters. The van der Waals surface area contributed by atoms with E-state index in [1.54, 1.807) is 13.8 Å². The third-order valence-corrected chi connectivity index (χ3v) is 2.18. The highest BCUT2D eigenvalue weighted by atomic mass is 16.6. The smallest absolute Gasteiger partial charge is 0.317 e. The van der Waals surface area contributed by atoms with E-state index in [0.29, 0.717) is 0 Å². The number of hydrogen-bond acceptors (Lipinski definition) is 4. The second-order valence-corrected chi connectivity index (χ2v) is 4.36. The zero-order chi connectivity index (χ0) is 13.5. The molecule has 0 saturated carbocycles. The van der Waals surface area contributed by atoms with Crippen LogP contribution in [0.4, 0.5) is 0 Å². The lowest BCUT2D eigenvalue weighted by molar-refractivity contribution is -0.157. The van der Waals surface area contributed by atoms with E-state index in [-0.39, 0.29) is 19.1 Å². The second kappa shape index (κ2) is 6.79. The minimum absolute atomic E-state index is 0.175. The number of carbonyl (C=O) groups excluding carboxylic acids is 2. The van der Waals surface area contributed by atoms with Crippen LogP contribution in [0.15, 0.2) is 24.3 Å². The molecule has 0 bridgehead atoms. The zero-order valence-electron chi connectivity index (χ0n) is 10.9. The van der Waals surface area contributed by atoms with Gasteiger partial charge in [0.15, 0.2) is 0 Å². The molecule has 4 nitrogen and oxygen atoms in total. The van der Waals surface area contributed by atoms with E-state index in [1.165, 1.54) is 0 Å². The summed E-state index contributed by atoms with van der Waals surface area (Å²) in [5, 5.41) is 0. The molecule has 0 aliphatic carbocycles. The van der Waals surface area contributed by atoms with Crippen molar-refractivity contribution in [1.29, 1.82) is 0 Å². The van der Waals surface area contributed by atoms with Crippen molar-refractivity contribution in [3.8, 4) is 0 Å². The van der Waals surface area contributed by atoms with Gasteiger partial charge in [-0.05, 0) is 26.3 Å². The fourth-order valence-corrected chi connectivity index (χ4v) is 1.32. The molecular formula is C14H18O4. The number of ether oxygens (including phenoxy) is 2. The van der Waals surface area contributed by atoms with Crippen LogP contribution in [0.5, 0.6) is 0 Å². The van der Waals surface area contributed by atoms with Crippen molar-refractivity contribution >= 4 is 11.9 Å². The summed E-state index contributed by atoms with van der Waals surface area (Å²) in [5.74, 6) is -1.12. The molecule has 0 aliphatic heterocycles. The van der Waals surface area contributed by atoms with Crippen LogP contribution >= 0.6 is 0 Å². The van der Waals surface area contributed by atoms with Gasteiger partial charge in [-0.2, -0.15) is 0 Å². The van der Waals surface area contributed by atoms with Gasteiger partial charge in [0.25, 0.3) is 0 Å². The van der Waals surface area contributed by atoms with Gasteiger partial charge in [-0.15, -0.1) is 0 Å². The number of rotatable bonds is 5. The minimum Gasteiger partial charge on any atom is -0.463 e. The number of esters is 2.